The van der Waals surface area contributed by atoms with Crippen LogP contribution in [0.25, 0.3) is 5.57 Å². The van der Waals surface area contributed by atoms with Crippen molar-refractivity contribution in [3.8, 4) is 11.5 Å². The van der Waals surface area contributed by atoms with E-state index in [0.717, 1.165) is 4.47 Å². The van der Waals surface area contributed by atoms with Crippen molar-refractivity contribution in [1.82, 2.24) is 0 Å². The standard InChI is InChI=1S/C20H21BrN2O5S/c1-5-23-16-11-18(28-4)17(27-3)10-15(16)12(2)19(29(23,25)26)20(24)22-14-8-6-7-13(21)9-14/h6-11H,5H2,1-4H3,(H,22,24). The maximum absolute atomic E-state index is 13.3. The van der Waals surface area contributed by atoms with Crippen LogP contribution in [0.15, 0.2) is 45.8 Å². The van der Waals surface area contributed by atoms with Crippen molar-refractivity contribution in [2.45, 2.75) is 13.8 Å². The first-order chi connectivity index (χ1) is 13.7. The normalized spacial score (nSPS) is 15.0. The van der Waals surface area contributed by atoms with E-state index in [9.17, 15) is 13.2 Å². The topological polar surface area (TPSA) is 84.9 Å². The predicted molar refractivity (Wildman–Crippen MR) is 117 cm³/mol. The molecule has 0 saturated heterocycles. The van der Waals surface area contributed by atoms with Crippen LogP contribution >= 0.6 is 15.9 Å². The van der Waals surface area contributed by atoms with E-state index in [-0.39, 0.29) is 11.4 Å². The number of rotatable bonds is 5. The lowest BCUT2D eigenvalue weighted by atomic mass is 10.0. The number of nitrogens with zero attached hydrogens (tertiary/aromatic N) is 1. The number of hydrogen-bond donors (Lipinski definition) is 1. The van der Waals surface area contributed by atoms with Crippen LogP contribution in [0.5, 0.6) is 11.5 Å². The average Bonchev–Trinajstić information content (AvgIpc) is 2.66. The third-order valence-electron chi connectivity index (χ3n) is 4.64. The zero-order chi connectivity index (χ0) is 21.3. The van der Waals surface area contributed by atoms with E-state index in [0.29, 0.717) is 34.0 Å². The van der Waals surface area contributed by atoms with Crippen LogP contribution in [0.3, 0.4) is 0 Å². The summed E-state index contributed by atoms with van der Waals surface area (Å²) >= 11 is 3.34. The van der Waals surface area contributed by atoms with Gasteiger partial charge in [0.2, 0.25) is 0 Å². The van der Waals surface area contributed by atoms with Crippen molar-refractivity contribution in [3.63, 3.8) is 0 Å². The SMILES string of the molecule is CCN1c2cc(OC)c(OC)cc2C(C)=C(C(=O)Nc2cccc(Br)c2)S1(=O)=O. The summed E-state index contributed by atoms with van der Waals surface area (Å²) in [4.78, 5) is 12.7. The Bertz CT molecular complexity index is 1110. The molecule has 9 heteroatoms. The van der Waals surface area contributed by atoms with Gasteiger partial charge in [-0.25, -0.2) is 8.42 Å². The van der Waals surface area contributed by atoms with Crippen molar-refractivity contribution in [3.05, 3.63) is 51.3 Å². The molecule has 1 amide bonds. The molecule has 0 radical (unpaired) electrons. The maximum Gasteiger partial charge on any atom is 0.270 e. The van der Waals surface area contributed by atoms with Crippen LogP contribution in [0.1, 0.15) is 19.4 Å². The molecule has 0 bridgehead atoms. The lowest BCUT2D eigenvalue weighted by Crippen LogP contribution is -2.39. The number of sulfonamides is 1. The van der Waals surface area contributed by atoms with Crippen molar-refractivity contribution in [2.24, 2.45) is 0 Å². The highest BCUT2D eigenvalue weighted by atomic mass is 79.9. The molecule has 29 heavy (non-hydrogen) atoms. The van der Waals surface area contributed by atoms with Crippen molar-refractivity contribution >= 4 is 48.8 Å². The van der Waals surface area contributed by atoms with Crippen LogP contribution < -0.4 is 19.1 Å². The van der Waals surface area contributed by atoms with Gasteiger partial charge < -0.3 is 14.8 Å². The zero-order valence-corrected chi connectivity index (χ0v) is 18.8. The molecule has 2 aromatic carbocycles. The van der Waals surface area contributed by atoms with Gasteiger partial charge in [0.25, 0.3) is 15.9 Å². The van der Waals surface area contributed by atoms with Crippen LogP contribution in [-0.2, 0) is 14.8 Å². The lowest BCUT2D eigenvalue weighted by Gasteiger charge is -2.32. The average molecular weight is 481 g/mol. The van der Waals surface area contributed by atoms with E-state index in [2.05, 4.69) is 21.2 Å². The van der Waals surface area contributed by atoms with E-state index >= 15 is 0 Å². The highest BCUT2D eigenvalue weighted by Gasteiger charge is 2.39. The van der Waals surface area contributed by atoms with E-state index in [1.165, 1.54) is 18.5 Å². The second kappa shape index (κ2) is 8.08. The van der Waals surface area contributed by atoms with Crippen LogP contribution in [0, 0.1) is 0 Å². The summed E-state index contributed by atoms with van der Waals surface area (Å²) in [6.45, 7) is 3.49. The van der Waals surface area contributed by atoms with Gasteiger partial charge in [0.05, 0.1) is 19.9 Å². The molecule has 2 aromatic rings. The summed E-state index contributed by atoms with van der Waals surface area (Å²) in [5.41, 5.74) is 1.87. The minimum atomic E-state index is -4.06. The number of carbonyl (C=O) groups is 1. The molecule has 1 aliphatic heterocycles. The molecule has 0 fully saturated rings. The molecule has 154 valence electrons. The largest absolute Gasteiger partial charge is 0.493 e. The van der Waals surface area contributed by atoms with Crippen LogP contribution in [0.4, 0.5) is 11.4 Å². The first-order valence-electron chi connectivity index (χ1n) is 8.81. The Labute approximate surface area is 178 Å². The number of ether oxygens (including phenoxy) is 2. The molecule has 0 spiro atoms. The smallest absolute Gasteiger partial charge is 0.270 e. The summed E-state index contributed by atoms with van der Waals surface area (Å²) < 4.78 is 39.2. The molecule has 1 heterocycles. The highest BCUT2D eigenvalue weighted by molar-refractivity contribution is 9.10. The van der Waals surface area contributed by atoms with Gasteiger partial charge in [0, 0.05) is 28.3 Å². The summed E-state index contributed by atoms with van der Waals surface area (Å²) in [5.74, 6) is 0.168. The third kappa shape index (κ3) is 3.72. The van der Waals surface area contributed by atoms with Gasteiger partial charge in [0.15, 0.2) is 16.4 Å². The Hall–Kier alpha value is -2.52. The molecule has 0 aliphatic carbocycles. The Balaban J connectivity index is 2.19. The predicted octanol–water partition coefficient (Wildman–Crippen LogP) is 4.01. The maximum atomic E-state index is 13.3. The van der Waals surface area contributed by atoms with Gasteiger partial charge in [-0.2, -0.15) is 0 Å². The Morgan fingerprint density at radius 2 is 1.79 bits per heavy atom. The second-order valence-electron chi connectivity index (χ2n) is 6.31. The van der Waals surface area contributed by atoms with Crippen molar-refractivity contribution < 1.29 is 22.7 Å². The number of allylic oxidation sites excluding steroid dienone is 1. The molecular weight excluding hydrogens is 460 g/mol. The molecule has 3 rings (SSSR count). The number of methoxy groups -OCH3 is 2. The molecule has 7 nitrogen and oxygen atoms in total. The minimum Gasteiger partial charge on any atom is -0.493 e. The first kappa shape index (κ1) is 21.2. The van der Waals surface area contributed by atoms with E-state index < -0.39 is 15.9 Å². The number of amides is 1. The quantitative estimate of drug-likeness (QED) is 0.698. The molecule has 1 N–H and O–H groups in total. The molecular formula is C20H21BrN2O5S. The number of anilines is 2. The van der Waals surface area contributed by atoms with Gasteiger partial charge in [-0.1, -0.05) is 22.0 Å². The Kier molecular flexibility index (Phi) is 5.90. The Morgan fingerprint density at radius 1 is 1.14 bits per heavy atom. The summed E-state index contributed by atoms with van der Waals surface area (Å²) in [6.07, 6.45) is 0. The number of fused-ring (bicyclic) bond motifs is 1. The molecule has 0 saturated carbocycles. The number of carbonyl (C=O) groups excluding carboxylic acids is 1. The monoisotopic (exact) mass is 480 g/mol. The third-order valence-corrected chi connectivity index (χ3v) is 7.18. The lowest BCUT2D eigenvalue weighted by molar-refractivity contribution is -0.112. The number of nitrogens with one attached hydrogen (secondary N) is 1. The van der Waals surface area contributed by atoms with Crippen LogP contribution in [-0.4, -0.2) is 35.1 Å². The number of hydrogen-bond acceptors (Lipinski definition) is 5. The van der Waals surface area contributed by atoms with Crippen molar-refractivity contribution in [2.75, 3.05) is 30.4 Å². The van der Waals surface area contributed by atoms with Crippen LogP contribution in [0.2, 0.25) is 0 Å². The fraction of sp³-hybridized carbons (Fsp3) is 0.250. The number of halogens is 1. The van der Waals surface area contributed by atoms with Crippen molar-refractivity contribution in [1.29, 1.82) is 0 Å². The van der Waals surface area contributed by atoms with E-state index in [1.54, 1.807) is 44.2 Å². The first-order valence-corrected chi connectivity index (χ1v) is 11.0. The second-order valence-corrected chi connectivity index (χ2v) is 9.03. The molecule has 0 aromatic heterocycles. The molecule has 0 atom stereocenters. The van der Waals surface area contributed by atoms with Gasteiger partial charge in [-0.05, 0) is 43.7 Å². The van der Waals surface area contributed by atoms with Gasteiger partial charge in [-0.15, -0.1) is 0 Å². The fourth-order valence-corrected chi connectivity index (χ4v) is 5.46. The van der Waals surface area contributed by atoms with Gasteiger partial charge >= 0.3 is 0 Å². The molecule has 1 aliphatic rings. The Morgan fingerprint density at radius 3 is 2.38 bits per heavy atom. The summed E-state index contributed by atoms with van der Waals surface area (Å²) in [5, 5.41) is 2.68. The van der Waals surface area contributed by atoms with E-state index in [1.807, 2.05) is 6.07 Å². The highest BCUT2D eigenvalue weighted by Crippen LogP contribution is 2.44. The summed E-state index contributed by atoms with van der Waals surface area (Å²) in [7, 11) is -1.07. The summed E-state index contributed by atoms with van der Waals surface area (Å²) in [6, 6.07) is 10.2. The fourth-order valence-electron chi connectivity index (χ4n) is 3.31. The van der Waals surface area contributed by atoms with Gasteiger partial charge in [-0.3, -0.25) is 9.10 Å². The zero-order valence-electron chi connectivity index (χ0n) is 16.4. The van der Waals surface area contributed by atoms with Gasteiger partial charge in [0.1, 0.15) is 0 Å². The molecule has 0 unspecified atom stereocenters. The number of benzene rings is 2. The minimum absolute atomic E-state index is 0.158. The van der Waals surface area contributed by atoms with E-state index in [4.69, 9.17) is 9.47 Å².